The summed E-state index contributed by atoms with van der Waals surface area (Å²) >= 11 is 0. The summed E-state index contributed by atoms with van der Waals surface area (Å²) in [6, 6.07) is 0. The summed E-state index contributed by atoms with van der Waals surface area (Å²) in [6.45, 7) is 0. The van der Waals surface area contributed by atoms with Gasteiger partial charge in [-0.3, -0.25) is 0 Å². The van der Waals surface area contributed by atoms with Crippen molar-refractivity contribution in [2.45, 2.75) is 0 Å². The van der Waals surface area contributed by atoms with Gasteiger partial charge in [0, 0.05) is 14.1 Å². The van der Waals surface area contributed by atoms with E-state index in [1.54, 1.807) is 0 Å². The molecule has 0 aromatic rings. The van der Waals surface area contributed by atoms with E-state index in [1.807, 2.05) is 0 Å². The maximum atomic E-state index is 9.79. The minimum Gasteiger partial charge on any atom is -0.760 e. The van der Waals surface area contributed by atoms with E-state index in [1.165, 1.54) is 0 Å². The number of hydrogen-bond acceptors (Lipinski definition) is 7. The monoisotopic (exact) mass is 138 g/mol. The van der Waals surface area contributed by atoms with E-state index in [-0.39, 0.29) is 10.5 Å². The van der Waals surface area contributed by atoms with Crippen LogP contribution in [0.15, 0.2) is 0 Å². The molecule has 0 heterocycles. The fourth-order valence-corrected chi connectivity index (χ4v) is 0.0993. The highest BCUT2D eigenvalue weighted by Gasteiger charge is 1.84. The van der Waals surface area contributed by atoms with E-state index in [2.05, 4.69) is 15.0 Å². The molecule has 0 saturated carbocycles. The summed E-state index contributed by atoms with van der Waals surface area (Å²) in [4.78, 5) is 7.33. The molecule has 0 aromatic heterocycles. The van der Waals surface area contributed by atoms with Crippen LogP contribution in [0.3, 0.4) is 0 Å². The first kappa shape index (κ1) is 8.72. The molecule has 0 aliphatic heterocycles. The minimum atomic E-state index is -0.0243. The van der Waals surface area contributed by atoms with E-state index < -0.39 is 0 Å². The molecule has 0 amide bonds. The molecule has 0 unspecified atom stereocenters. The Bertz CT molecular complexity index is 58.0. The topological polar surface area (TPSA) is 80.3 Å². The van der Waals surface area contributed by atoms with Crippen molar-refractivity contribution < 1.29 is 15.0 Å². The molecule has 0 fully saturated rings. The molecule has 0 bridgehead atoms. The fourth-order valence-electron chi connectivity index (χ4n) is 0.0993. The molecule has 7 heteroatoms. The molecule has 0 radical (unpaired) electrons. The molecule has 0 saturated heterocycles. The highest BCUT2D eigenvalue weighted by molar-refractivity contribution is 4.18. The molecule has 0 N–H and O–H groups in total. The maximum absolute atomic E-state index is 9.79. The van der Waals surface area contributed by atoms with Gasteiger partial charge in [0.15, 0.2) is 0 Å². The van der Waals surface area contributed by atoms with Crippen molar-refractivity contribution in [3.8, 4) is 0 Å². The molecule has 56 valence electrons. The van der Waals surface area contributed by atoms with Crippen LogP contribution in [0, 0.1) is 10.4 Å². The van der Waals surface area contributed by atoms with Gasteiger partial charge in [-0.25, -0.2) is 10.5 Å². The van der Waals surface area contributed by atoms with Crippen LogP contribution < -0.4 is 0 Å². The summed E-state index contributed by atoms with van der Waals surface area (Å²) in [5, 5.41) is 23.1. The Morgan fingerprint density at radius 2 is 1.33 bits per heavy atom. The van der Waals surface area contributed by atoms with Gasteiger partial charge in [-0.15, -0.1) is 9.98 Å². The second kappa shape index (κ2) is 4.58. The van der Waals surface area contributed by atoms with Crippen molar-refractivity contribution >= 4 is 0 Å². The van der Waals surface area contributed by atoms with Crippen molar-refractivity contribution in [2.24, 2.45) is 0 Å². The van der Waals surface area contributed by atoms with Crippen LogP contribution in [0.1, 0.15) is 0 Å². The number of hydroxylamine groups is 4. The van der Waals surface area contributed by atoms with Crippen molar-refractivity contribution in [3.63, 3.8) is 0 Å². The van der Waals surface area contributed by atoms with Gasteiger partial charge in [-0.05, 0) is 5.04 Å². The van der Waals surface area contributed by atoms with Gasteiger partial charge >= 0.3 is 0 Å². The SMILES string of the molecule is CN([O-])OOON(C)[O-]. The first-order valence-corrected chi connectivity index (χ1v) is 1.96. The lowest BCUT2D eigenvalue weighted by Gasteiger charge is -2.21. The molecule has 0 rings (SSSR count). The average Bonchev–Trinajstić information content (AvgIpc) is 1.63. The van der Waals surface area contributed by atoms with Crippen LogP contribution in [0.2, 0.25) is 0 Å². The highest BCUT2D eigenvalue weighted by Crippen LogP contribution is 1.86. The normalized spacial score (nSPS) is 11.3. The Hall–Kier alpha value is -0.280. The summed E-state index contributed by atoms with van der Waals surface area (Å²) in [5.74, 6) is 0. The largest absolute Gasteiger partial charge is 0.760 e. The van der Waals surface area contributed by atoms with Gasteiger partial charge in [0.05, 0.1) is 0 Å². The summed E-state index contributed by atoms with van der Waals surface area (Å²) in [5.41, 5.74) is 0. The summed E-state index contributed by atoms with van der Waals surface area (Å²) < 4.78 is 0. The smallest absolute Gasteiger partial charge is 0.00227 e. The van der Waals surface area contributed by atoms with Crippen LogP contribution in [0.25, 0.3) is 0 Å². The maximum Gasteiger partial charge on any atom is 0.00227 e. The van der Waals surface area contributed by atoms with Gasteiger partial charge in [0.1, 0.15) is 0 Å². The van der Waals surface area contributed by atoms with Crippen molar-refractivity contribution in [1.29, 1.82) is 0 Å². The lowest BCUT2D eigenvalue weighted by Crippen LogP contribution is -2.16. The Morgan fingerprint density at radius 1 is 1.00 bits per heavy atom. The van der Waals surface area contributed by atoms with Crippen molar-refractivity contribution in [3.05, 3.63) is 10.4 Å². The molecule has 0 aromatic carbocycles. The zero-order valence-electron chi connectivity index (χ0n) is 4.94. The second-order valence-electron chi connectivity index (χ2n) is 1.10. The predicted octanol–water partition coefficient (Wildman–Crippen LogP) is -0.445. The van der Waals surface area contributed by atoms with E-state index in [9.17, 15) is 10.4 Å². The number of rotatable bonds is 4. The van der Waals surface area contributed by atoms with Gasteiger partial charge in [-0.2, -0.15) is 0 Å². The van der Waals surface area contributed by atoms with Crippen LogP contribution >= 0.6 is 0 Å². The zero-order chi connectivity index (χ0) is 7.28. The van der Waals surface area contributed by atoms with Gasteiger partial charge in [-0.1, -0.05) is 0 Å². The third kappa shape index (κ3) is 7.72. The second-order valence-corrected chi connectivity index (χ2v) is 1.10. The van der Waals surface area contributed by atoms with Crippen LogP contribution in [-0.2, 0) is 15.0 Å². The third-order valence-corrected chi connectivity index (χ3v) is 0.271. The van der Waals surface area contributed by atoms with Crippen LogP contribution in [0.4, 0.5) is 0 Å². The van der Waals surface area contributed by atoms with Gasteiger partial charge in [0.2, 0.25) is 0 Å². The molecular formula is C2H6N2O5-2. The van der Waals surface area contributed by atoms with Gasteiger partial charge < -0.3 is 10.4 Å². The lowest BCUT2D eigenvalue weighted by molar-refractivity contribution is -0.615. The zero-order valence-corrected chi connectivity index (χ0v) is 4.94. The molecule has 9 heavy (non-hydrogen) atoms. The molecular weight excluding hydrogens is 132 g/mol. The molecule has 0 aliphatic rings. The van der Waals surface area contributed by atoms with Crippen molar-refractivity contribution in [1.82, 2.24) is 10.5 Å². The summed E-state index contributed by atoms with van der Waals surface area (Å²) in [6.07, 6.45) is 0. The van der Waals surface area contributed by atoms with Gasteiger partial charge in [0.25, 0.3) is 0 Å². The molecule has 0 atom stereocenters. The Kier molecular flexibility index (Phi) is 4.44. The van der Waals surface area contributed by atoms with E-state index in [0.29, 0.717) is 0 Å². The minimum absolute atomic E-state index is 0.0243. The van der Waals surface area contributed by atoms with E-state index in [4.69, 9.17) is 0 Å². The standard InChI is InChI=1S/C2H6N2O5/c1-3(5)7-9-8-4(2)6/h1-2H3/q-2. The lowest BCUT2D eigenvalue weighted by atomic mass is 11.5. The Balaban J connectivity index is 2.91. The number of nitrogens with zero attached hydrogens (tertiary/aromatic N) is 2. The predicted molar refractivity (Wildman–Crippen MR) is 25.5 cm³/mol. The average molecular weight is 138 g/mol. The van der Waals surface area contributed by atoms with E-state index in [0.717, 1.165) is 14.1 Å². The third-order valence-electron chi connectivity index (χ3n) is 0.271. The molecule has 7 nitrogen and oxygen atoms in total. The first-order chi connectivity index (χ1) is 4.13. The Morgan fingerprint density at radius 3 is 1.56 bits per heavy atom. The molecule has 0 spiro atoms. The number of hydrogen-bond donors (Lipinski definition) is 0. The van der Waals surface area contributed by atoms with Crippen LogP contribution in [-0.4, -0.2) is 24.5 Å². The molecule has 0 aliphatic carbocycles. The highest BCUT2D eigenvalue weighted by atomic mass is 17.6. The van der Waals surface area contributed by atoms with Crippen molar-refractivity contribution in [2.75, 3.05) is 14.1 Å². The summed E-state index contributed by atoms with van der Waals surface area (Å²) in [7, 11) is 2.04. The Labute approximate surface area is 51.2 Å². The van der Waals surface area contributed by atoms with Crippen LogP contribution in [0.5, 0.6) is 0 Å². The quantitative estimate of drug-likeness (QED) is 0.384. The van der Waals surface area contributed by atoms with E-state index >= 15 is 0 Å². The fraction of sp³-hybridized carbons (Fsp3) is 1.00. The first-order valence-electron chi connectivity index (χ1n) is 1.96.